The van der Waals surface area contributed by atoms with Gasteiger partial charge in [-0.3, -0.25) is 10.1 Å². The standard InChI is InChI=1S/C17H22ClN5O2/c1-17(2,25-13-8-6-12(18)7-9-13)14(24)19-15-20-16(22-21-15)23-10-4-3-5-11-23/h6-9H,3-5,10-11H2,1-2H3,(H2,19,20,21,22,24). The molecule has 8 heteroatoms. The van der Waals surface area contributed by atoms with Gasteiger partial charge < -0.3 is 9.64 Å². The lowest BCUT2D eigenvalue weighted by molar-refractivity contribution is -0.128. The first-order valence-corrected chi connectivity index (χ1v) is 8.75. The lowest BCUT2D eigenvalue weighted by Gasteiger charge is -2.25. The number of nitrogens with one attached hydrogen (secondary N) is 2. The van der Waals surface area contributed by atoms with E-state index in [1.807, 2.05) is 0 Å². The third-order valence-corrected chi connectivity index (χ3v) is 4.33. The summed E-state index contributed by atoms with van der Waals surface area (Å²) in [6.07, 6.45) is 3.51. The van der Waals surface area contributed by atoms with Gasteiger partial charge in [0.1, 0.15) is 5.75 Å². The molecule has 1 fully saturated rings. The smallest absolute Gasteiger partial charge is 0.270 e. The number of ether oxygens (including phenoxy) is 1. The Balaban J connectivity index is 1.62. The maximum atomic E-state index is 12.5. The molecule has 134 valence electrons. The zero-order valence-corrected chi connectivity index (χ0v) is 15.1. The summed E-state index contributed by atoms with van der Waals surface area (Å²) in [5, 5.41) is 10.3. The second-order valence-electron chi connectivity index (χ2n) is 6.55. The average Bonchev–Trinajstić information content (AvgIpc) is 3.06. The molecule has 1 amide bonds. The van der Waals surface area contributed by atoms with Crippen molar-refractivity contribution in [2.24, 2.45) is 0 Å². The van der Waals surface area contributed by atoms with Gasteiger partial charge in [-0.25, -0.2) is 5.10 Å². The van der Waals surface area contributed by atoms with Crippen LogP contribution in [0.15, 0.2) is 24.3 Å². The molecule has 0 aliphatic carbocycles. The van der Waals surface area contributed by atoms with Crippen molar-refractivity contribution in [3.63, 3.8) is 0 Å². The predicted octanol–water partition coefficient (Wildman–Crippen LogP) is 3.24. The Morgan fingerprint density at radius 2 is 1.92 bits per heavy atom. The van der Waals surface area contributed by atoms with Gasteiger partial charge in [-0.1, -0.05) is 11.6 Å². The molecule has 2 heterocycles. The molecule has 0 bridgehead atoms. The van der Waals surface area contributed by atoms with Gasteiger partial charge in [-0.05, 0) is 57.4 Å². The highest BCUT2D eigenvalue weighted by Crippen LogP contribution is 2.22. The van der Waals surface area contributed by atoms with E-state index < -0.39 is 5.60 Å². The quantitative estimate of drug-likeness (QED) is 0.852. The van der Waals surface area contributed by atoms with Crippen LogP contribution in [-0.4, -0.2) is 39.8 Å². The number of H-pyrrole nitrogens is 1. The number of hydrogen-bond acceptors (Lipinski definition) is 5. The monoisotopic (exact) mass is 363 g/mol. The maximum absolute atomic E-state index is 12.5. The Labute approximate surface area is 151 Å². The number of carbonyl (C=O) groups excluding carboxylic acids is 1. The number of aromatic amines is 1. The molecule has 25 heavy (non-hydrogen) atoms. The van der Waals surface area contributed by atoms with Gasteiger partial charge in [0.15, 0.2) is 5.60 Å². The van der Waals surface area contributed by atoms with Gasteiger partial charge >= 0.3 is 0 Å². The van der Waals surface area contributed by atoms with Crippen molar-refractivity contribution in [3.05, 3.63) is 29.3 Å². The Kier molecular flexibility index (Phi) is 5.13. The number of nitrogens with zero attached hydrogens (tertiary/aromatic N) is 3. The van der Waals surface area contributed by atoms with Crippen molar-refractivity contribution in [2.75, 3.05) is 23.3 Å². The van der Waals surface area contributed by atoms with Crippen LogP contribution in [0.1, 0.15) is 33.1 Å². The summed E-state index contributed by atoms with van der Waals surface area (Å²) < 4.78 is 5.77. The zero-order valence-electron chi connectivity index (χ0n) is 14.4. The highest BCUT2D eigenvalue weighted by Gasteiger charge is 2.31. The maximum Gasteiger partial charge on any atom is 0.270 e. The molecule has 0 unspecified atom stereocenters. The van der Waals surface area contributed by atoms with Crippen LogP contribution in [-0.2, 0) is 4.79 Å². The Bertz CT molecular complexity index is 723. The molecule has 3 rings (SSSR count). The van der Waals surface area contributed by atoms with Crippen molar-refractivity contribution in [3.8, 4) is 5.75 Å². The summed E-state index contributed by atoms with van der Waals surface area (Å²) in [5.41, 5.74) is -1.08. The Hall–Kier alpha value is -2.28. The fraction of sp³-hybridized carbons (Fsp3) is 0.471. The third-order valence-electron chi connectivity index (χ3n) is 4.08. The molecule has 1 aromatic heterocycles. The van der Waals surface area contributed by atoms with E-state index in [0.29, 0.717) is 22.7 Å². The molecule has 2 N–H and O–H groups in total. The largest absolute Gasteiger partial charge is 0.478 e. The minimum absolute atomic E-state index is 0.316. The summed E-state index contributed by atoms with van der Waals surface area (Å²) in [5.74, 6) is 1.18. The van der Waals surface area contributed by atoms with Crippen molar-refractivity contribution < 1.29 is 9.53 Å². The van der Waals surface area contributed by atoms with Crippen LogP contribution in [0, 0.1) is 0 Å². The van der Waals surface area contributed by atoms with Gasteiger partial charge in [0, 0.05) is 18.1 Å². The number of hydrogen-bond donors (Lipinski definition) is 2. The van der Waals surface area contributed by atoms with E-state index in [1.54, 1.807) is 38.1 Å². The van der Waals surface area contributed by atoms with Gasteiger partial charge in [0.05, 0.1) is 0 Å². The second kappa shape index (κ2) is 7.31. The molecular weight excluding hydrogens is 342 g/mol. The minimum Gasteiger partial charge on any atom is -0.478 e. The molecule has 0 radical (unpaired) electrons. The van der Waals surface area contributed by atoms with E-state index in [1.165, 1.54) is 6.42 Å². The molecule has 0 atom stereocenters. The predicted molar refractivity (Wildman–Crippen MR) is 97.2 cm³/mol. The molecule has 0 saturated carbocycles. The number of carbonyl (C=O) groups is 1. The number of aromatic nitrogens is 3. The summed E-state index contributed by atoms with van der Waals surface area (Å²) >= 11 is 5.86. The van der Waals surface area contributed by atoms with Crippen molar-refractivity contribution in [1.29, 1.82) is 0 Å². The topological polar surface area (TPSA) is 83.1 Å². The number of anilines is 2. The zero-order chi connectivity index (χ0) is 17.9. The van der Waals surface area contributed by atoms with Crippen molar-refractivity contribution >= 4 is 29.4 Å². The van der Waals surface area contributed by atoms with Gasteiger partial charge in [0.25, 0.3) is 5.91 Å². The highest BCUT2D eigenvalue weighted by molar-refractivity contribution is 6.30. The van der Waals surface area contributed by atoms with Crippen LogP contribution in [0.4, 0.5) is 11.9 Å². The summed E-state index contributed by atoms with van der Waals surface area (Å²) in [4.78, 5) is 19.0. The van der Waals surface area contributed by atoms with Crippen LogP contribution >= 0.6 is 11.6 Å². The van der Waals surface area contributed by atoms with Crippen LogP contribution in [0.2, 0.25) is 5.02 Å². The second-order valence-corrected chi connectivity index (χ2v) is 6.99. The average molecular weight is 364 g/mol. The lowest BCUT2D eigenvalue weighted by Crippen LogP contribution is -2.42. The third kappa shape index (κ3) is 4.42. The number of rotatable bonds is 5. The fourth-order valence-corrected chi connectivity index (χ4v) is 2.77. The minimum atomic E-state index is -1.08. The van der Waals surface area contributed by atoms with Crippen LogP contribution in [0.3, 0.4) is 0 Å². The molecule has 2 aromatic rings. The van der Waals surface area contributed by atoms with E-state index in [9.17, 15) is 4.79 Å². The van der Waals surface area contributed by atoms with Crippen LogP contribution < -0.4 is 15.0 Å². The van der Waals surface area contributed by atoms with Gasteiger partial charge in [-0.2, -0.15) is 4.98 Å². The molecule has 1 aliphatic rings. The Morgan fingerprint density at radius 1 is 1.24 bits per heavy atom. The Morgan fingerprint density at radius 3 is 2.60 bits per heavy atom. The summed E-state index contributed by atoms with van der Waals surface area (Å²) in [7, 11) is 0. The molecule has 1 aliphatic heterocycles. The molecule has 7 nitrogen and oxygen atoms in total. The van der Waals surface area contributed by atoms with Gasteiger partial charge in [-0.15, -0.1) is 5.10 Å². The van der Waals surface area contributed by atoms with E-state index in [0.717, 1.165) is 25.9 Å². The lowest BCUT2D eigenvalue weighted by atomic mass is 10.1. The molecule has 1 saturated heterocycles. The number of piperidine rings is 1. The van der Waals surface area contributed by atoms with Gasteiger partial charge in [0.2, 0.25) is 11.9 Å². The normalized spacial score (nSPS) is 15.1. The van der Waals surface area contributed by atoms with E-state index >= 15 is 0 Å². The number of amides is 1. The summed E-state index contributed by atoms with van der Waals surface area (Å²) in [6.45, 7) is 5.27. The first-order valence-electron chi connectivity index (χ1n) is 8.37. The van der Waals surface area contributed by atoms with Crippen LogP contribution in [0.5, 0.6) is 5.75 Å². The SMILES string of the molecule is CC(C)(Oc1ccc(Cl)cc1)C(=O)Nc1nc(N2CCCCC2)n[nH]1. The fourth-order valence-electron chi connectivity index (χ4n) is 2.65. The highest BCUT2D eigenvalue weighted by atomic mass is 35.5. The summed E-state index contributed by atoms with van der Waals surface area (Å²) in [6, 6.07) is 6.87. The molecular formula is C17H22ClN5O2. The molecule has 0 spiro atoms. The van der Waals surface area contributed by atoms with Crippen molar-refractivity contribution in [1.82, 2.24) is 15.2 Å². The van der Waals surface area contributed by atoms with E-state index in [-0.39, 0.29) is 5.91 Å². The van der Waals surface area contributed by atoms with E-state index in [2.05, 4.69) is 25.4 Å². The molecule has 1 aromatic carbocycles. The van der Waals surface area contributed by atoms with Crippen LogP contribution in [0.25, 0.3) is 0 Å². The van der Waals surface area contributed by atoms with Crippen molar-refractivity contribution in [2.45, 2.75) is 38.7 Å². The first-order chi connectivity index (χ1) is 11.9. The first kappa shape index (κ1) is 17.5. The van der Waals surface area contributed by atoms with E-state index in [4.69, 9.17) is 16.3 Å². The number of halogens is 1. The number of benzene rings is 1.